The van der Waals surface area contributed by atoms with Gasteiger partial charge in [-0.2, -0.15) is 5.10 Å². The van der Waals surface area contributed by atoms with Crippen LogP contribution in [0.3, 0.4) is 0 Å². The fourth-order valence-electron chi connectivity index (χ4n) is 1.34. The molecule has 1 aromatic heterocycles. The minimum atomic E-state index is 0.711. The van der Waals surface area contributed by atoms with Crippen LogP contribution in [-0.4, -0.2) is 9.78 Å². The Morgan fingerprint density at radius 3 is 3.00 bits per heavy atom. The average molecular weight is 254 g/mol. The molecule has 3 nitrogen and oxygen atoms in total. The zero-order valence-corrected chi connectivity index (χ0v) is 10.4. The third kappa shape index (κ3) is 2.71. The van der Waals surface area contributed by atoms with Crippen molar-refractivity contribution in [3.05, 3.63) is 41.2 Å². The largest absolute Gasteiger partial charge is 0.398 e. The lowest BCUT2D eigenvalue weighted by Crippen LogP contribution is -1.88. The van der Waals surface area contributed by atoms with E-state index in [1.54, 1.807) is 22.5 Å². The van der Waals surface area contributed by atoms with Crippen molar-refractivity contribution < 1.29 is 0 Å². The van der Waals surface area contributed by atoms with E-state index in [0.29, 0.717) is 5.02 Å². The van der Waals surface area contributed by atoms with Crippen molar-refractivity contribution in [2.45, 2.75) is 10.6 Å². The van der Waals surface area contributed by atoms with Crippen LogP contribution in [0.1, 0.15) is 5.56 Å². The number of benzene rings is 1. The molecule has 5 heteroatoms. The molecule has 0 bridgehead atoms. The van der Waals surface area contributed by atoms with Crippen molar-refractivity contribution in [3.8, 4) is 0 Å². The molecule has 0 radical (unpaired) electrons. The van der Waals surface area contributed by atoms with Crippen LogP contribution < -0.4 is 5.73 Å². The van der Waals surface area contributed by atoms with Crippen molar-refractivity contribution >= 4 is 29.1 Å². The number of hydrogen-bond donors (Lipinski definition) is 1. The SMILES string of the molecule is Cn1cc(CSc2cc(Cl)ccc2N)cn1. The van der Waals surface area contributed by atoms with Gasteiger partial charge in [-0.1, -0.05) is 11.6 Å². The van der Waals surface area contributed by atoms with Crippen molar-refractivity contribution in [2.75, 3.05) is 5.73 Å². The summed E-state index contributed by atoms with van der Waals surface area (Å²) in [5, 5.41) is 4.83. The van der Waals surface area contributed by atoms with Crippen molar-refractivity contribution in [1.29, 1.82) is 0 Å². The third-order valence-electron chi connectivity index (χ3n) is 2.13. The van der Waals surface area contributed by atoms with Crippen LogP contribution in [0.25, 0.3) is 0 Å². The normalized spacial score (nSPS) is 10.6. The number of nitrogens with zero attached hydrogens (tertiary/aromatic N) is 2. The lowest BCUT2D eigenvalue weighted by molar-refractivity contribution is 0.767. The summed E-state index contributed by atoms with van der Waals surface area (Å²) in [6.45, 7) is 0. The minimum Gasteiger partial charge on any atom is -0.398 e. The van der Waals surface area contributed by atoms with Gasteiger partial charge in [0.2, 0.25) is 0 Å². The van der Waals surface area contributed by atoms with E-state index in [4.69, 9.17) is 17.3 Å². The predicted octanol–water partition coefficient (Wildman–Crippen LogP) is 2.95. The van der Waals surface area contributed by atoms with Gasteiger partial charge in [-0.3, -0.25) is 4.68 Å². The van der Waals surface area contributed by atoms with Gasteiger partial charge in [0.25, 0.3) is 0 Å². The van der Waals surface area contributed by atoms with Crippen molar-refractivity contribution in [1.82, 2.24) is 9.78 Å². The molecule has 0 saturated carbocycles. The summed E-state index contributed by atoms with van der Waals surface area (Å²) < 4.78 is 1.79. The van der Waals surface area contributed by atoms with E-state index in [0.717, 1.165) is 16.3 Å². The van der Waals surface area contributed by atoms with Gasteiger partial charge in [0.1, 0.15) is 0 Å². The molecule has 0 saturated heterocycles. The average Bonchev–Trinajstić information content (AvgIpc) is 2.66. The number of aromatic nitrogens is 2. The molecule has 1 aromatic carbocycles. The highest BCUT2D eigenvalue weighted by molar-refractivity contribution is 7.98. The van der Waals surface area contributed by atoms with Gasteiger partial charge in [-0.05, 0) is 18.2 Å². The Balaban J connectivity index is 2.07. The summed E-state index contributed by atoms with van der Waals surface area (Å²) in [6, 6.07) is 5.51. The van der Waals surface area contributed by atoms with Crippen LogP contribution in [-0.2, 0) is 12.8 Å². The maximum absolute atomic E-state index is 5.92. The molecule has 16 heavy (non-hydrogen) atoms. The van der Waals surface area contributed by atoms with Gasteiger partial charge in [0, 0.05) is 40.2 Å². The summed E-state index contributed by atoms with van der Waals surface area (Å²) in [4.78, 5) is 1.01. The van der Waals surface area contributed by atoms with E-state index < -0.39 is 0 Å². The zero-order valence-electron chi connectivity index (χ0n) is 8.85. The van der Waals surface area contributed by atoms with Gasteiger partial charge < -0.3 is 5.73 Å². The van der Waals surface area contributed by atoms with E-state index in [1.165, 1.54) is 5.56 Å². The number of anilines is 1. The summed E-state index contributed by atoms with van der Waals surface area (Å²) >= 11 is 7.58. The number of thioether (sulfide) groups is 1. The summed E-state index contributed by atoms with van der Waals surface area (Å²) in [6.07, 6.45) is 3.85. The molecular weight excluding hydrogens is 242 g/mol. The number of nitrogen functional groups attached to an aromatic ring is 1. The van der Waals surface area contributed by atoms with Crippen LogP contribution in [0.2, 0.25) is 5.02 Å². The molecule has 0 aliphatic heterocycles. The van der Waals surface area contributed by atoms with Crippen LogP contribution in [0.4, 0.5) is 5.69 Å². The molecule has 2 rings (SSSR count). The molecule has 0 unspecified atom stereocenters. The smallest absolute Gasteiger partial charge is 0.0530 e. The van der Waals surface area contributed by atoms with E-state index in [9.17, 15) is 0 Å². The maximum Gasteiger partial charge on any atom is 0.0530 e. The fraction of sp³-hybridized carbons (Fsp3) is 0.182. The van der Waals surface area contributed by atoms with Gasteiger partial charge in [-0.15, -0.1) is 11.8 Å². The van der Waals surface area contributed by atoms with Crippen LogP contribution in [0, 0.1) is 0 Å². The maximum atomic E-state index is 5.92. The second-order valence-electron chi connectivity index (χ2n) is 3.49. The van der Waals surface area contributed by atoms with E-state index >= 15 is 0 Å². The first kappa shape index (κ1) is 11.4. The van der Waals surface area contributed by atoms with Crippen LogP contribution in [0.15, 0.2) is 35.5 Å². The second kappa shape index (κ2) is 4.80. The number of nitrogens with two attached hydrogens (primary N) is 1. The first-order chi connectivity index (χ1) is 7.65. The fourth-order valence-corrected chi connectivity index (χ4v) is 2.49. The lowest BCUT2D eigenvalue weighted by Gasteiger charge is -2.04. The van der Waals surface area contributed by atoms with Gasteiger partial charge in [0.15, 0.2) is 0 Å². The first-order valence-electron chi connectivity index (χ1n) is 4.80. The van der Waals surface area contributed by atoms with Crippen LogP contribution >= 0.6 is 23.4 Å². The summed E-state index contributed by atoms with van der Waals surface area (Å²) in [5.41, 5.74) is 7.79. The Morgan fingerprint density at radius 1 is 1.50 bits per heavy atom. The number of aryl methyl sites for hydroxylation is 1. The topological polar surface area (TPSA) is 43.8 Å². The highest BCUT2D eigenvalue weighted by Crippen LogP contribution is 2.30. The number of hydrogen-bond acceptors (Lipinski definition) is 3. The quantitative estimate of drug-likeness (QED) is 0.676. The molecule has 0 aliphatic carbocycles. The standard InChI is InChI=1S/C11H12ClN3S/c1-15-6-8(5-14-15)7-16-11-4-9(12)2-3-10(11)13/h2-6H,7,13H2,1H3. The lowest BCUT2D eigenvalue weighted by atomic mass is 10.3. The summed E-state index contributed by atoms with van der Waals surface area (Å²) in [5.74, 6) is 0.846. The van der Waals surface area contributed by atoms with E-state index in [-0.39, 0.29) is 0 Å². The predicted molar refractivity (Wildman–Crippen MR) is 68.6 cm³/mol. The van der Waals surface area contributed by atoms with Crippen molar-refractivity contribution in [3.63, 3.8) is 0 Å². The number of halogens is 1. The Morgan fingerprint density at radius 2 is 2.31 bits per heavy atom. The highest BCUT2D eigenvalue weighted by Gasteiger charge is 2.03. The van der Waals surface area contributed by atoms with Gasteiger partial charge >= 0.3 is 0 Å². The molecule has 84 valence electrons. The molecular formula is C11H12ClN3S. The summed E-state index contributed by atoms with van der Waals surface area (Å²) in [7, 11) is 1.90. The molecule has 0 aliphatic rings. The monoisotopic (exact) mass is 253 g/mol. The second-order valence-corrected chi connectivity index (χ2v) is 4.95. The first-order valence-corrected chi connectivity index (χ1v) is 6.17. The van der Waals surface area contributed by atoms with Gasteiger partial charge in [-0.25, -0.2) is 0 Å². The van der Waals surface area contributed by atoms with E-state index in [2.05, 4.69) is 5.10 Å². The Labute approximate surface area is 104 Å². The molecule has 0 amide bonds. The highest BCUT2D eigenvalue weighted by atomic mass is 35.5. The van der Waals surface area contributed by atoms with Crippen LogP contribution in [0.5, 0.6) is 0 Å². The Hall–Kier alpha value is -1.13. The molecule has 1 heterocycles. The molecule has 0 fully saturated rings. The van der Waals surface area contributed by atoms with E-state index in [1.807, 2.05) is 31.6 Å². The molecule has 2 N–H and O–H groups in total. The minimum absolute atomic E-state index is 0.711. The third-order valence-corrected chi connectivity index (χ3v) is 3.51. The molecule has 0 spiro atoms. The Kier molecular flexibility index (Phi) is 3.41. The Bertz CT molecular complexity index is 496. The molecule has 0 atom stereocenters. The number of rotatable bonds is 3. The molecule has 2 aromatic rings. The van der Waals surface area contributed by atoms with Crippen molar-refractivity contribution in [2.24, 2.45) is 7.05 Å². The zero-order chi connectivity index (χ0) is 11.5. The van der Waals surface area contributed by atoms with Gasteiger partial charge in [0.05, 0.1) is 6.20 Å².